The Balaban J connectivity index is 1.68. The van der Waals surface area contributed by atoms with E-state index in [1.807, 2.05) is 0 Å². The molecule has 2 heterocycles. The average molecular weight is 267 g/mol. The highest BCUT2D eigenvalue weighted by Crippen LogP contribution is 2.19. The molecule has 3 nitrogen and oxygen atoms in total. The van der Waals surface area contributed by atoms with Crippen LogP contribution >= 0.6 is 11.3 Å². The number of nitrogens with zero attached hydrogens (tertiary/aromatic N) is 2. The summed E-state index contributed by atoms with van der Waals surface area (Å²) in [5.41, 5.74) is 1.24. The van der Waals surface area contributed by atoms with Crippen molar-refractivity contribution in [3.63, 3.8) is 0 Å². The SMILES string of the molecule is Cc1nc(CN2CCC(CNCC(C)C)C2)cs1. The maximum atomic E-state index is 4.55. The number of nitrogens with one attached hydrogen (secondary N) is 1. The second kappa shape index (κ2) is 6.64. The van der Waals surface area contributed by atoms with Crippen molar-refractivity contribution in [2.45, 2.75) is 33.7 Å². The van der Waals surface area contributed by atoms with E-state index in [1.165, 1.54) is 36.8 Å². The summed E-state index contributed by atoms with van der Waals surface area (Å²) in [5, 5.41) is 6.95. The number of thiazole rings is 1. The zero-order valence-electron chi connectivity index (χ0n) is 11.8. The largest absolute Gasteiger partial charge is 0.316 e. The van der Waals surface area contributed by atoms with Crippen molar-refractivity contribution >= 4 is 11.3 Å². The van der Waals surface area contributed by atoms with Gasteiger partial charge in [0.2, 0.25) is 0 Å². The third-order valence-electron chi connectivity index (χ3n) is 3.41. The average Bonchev–Trinajstić information content (AvgIpc) is 2.89. The molecule has 0 bridgehead atoms. The molecule has 1 saturated heterocycles. The van der Waals surface area contributed by atoms with Gasteiger partial charge in [0.25, 0.3) is 0 Å². The molecule has 1 atom stereocenters. The second-order valence-electron chi connectivity index (χ2n) is 5.80. The van der Waals surface area contributed by atoms with E-state index in [-0.39, 0.29) is 0 Å². The van der Waals surface area contributed by atoms with Gasteiger partial charge in [-0.2, -0.15) is 0 Å². The fraction of sp³-hybridized carbons (Fsp3) is 0.786. The van der Waals surface area contributed by atoms with Crippen molar-refractivity contribution in [2.24, 2.45) is 11.8 Å². The summed E-state index contributed by atoms with van der Waals surface area (Å²) in [6.07, 6.45) is 1.33. The number of likely N-dealkylation sites (tertiary alicyclic amines) is 1. The smallest absolute Gasteiger partial charge is 0.0897 e. The van der Waals surface area contributed by atoms with E-state index in [1.54, 1.807) is 11.3 Å². The lowest BCUT2D eigenvalue weighted by Crippen LogP contribution is -2.28. The highest BCUT2D eigenvalue weighted by atomic mass is 32.1. The minimum Gasteiger partial charge on any atom is -0.316 e. The van der Waals surface area contributed by atoms with Crippen LogP contribution in [0.3, 0.4) is 0 Å². The molecule has 1 unspecified atom stereocenters. The number of hydrogen-bond acceptors (Lipinski definition) is 4. The zero-order chi connectivity index (χ0) is 13.0. The van der Waals surface area contributed by atoms with Gasteiger partial charge in [0.1, 0.15) is 0 Å². The normalized spacial score (nSPS) is 21.0. The first-order chi connectivity index (χ1) is 8.63. The first-order valence-corrected chi connectivity index (χ1v) is 7.85. The van der Waals surface area contributed by atoms with Crippen molar-refractivity contribution in [2.75, 3.05) is 26.2 Å². The number of rotatable bonds is 6. The molecule has 0 spiro atoms. The van der Waals surface area contributed by atoms with Gasteiger partial charge in [0, 0.05) is 18.5 Å². The molecule has 1 N–H and O–H groups in total. The van der Waals surface area contributed by atoms with Crippen LogP contribution in [0.4, 0.5) is 0 Å². The molecule has 0 radical (unpaired) electrons. The topological polar surface area (TPSA) is 28.2 Å². The van der Waals surface area contributed by atoms with Crippen molar-refractivity contribution in [1.29, 1.82) is 0 Å². The fourth-order valence-electron chi connectivity index (χ4n) is 2.51. The maximum absolute atomic E-state index is 4.55. The summed E-state index contributed by atoms with van der Waals surface area (Å²) in [5.74, 6) is 1.57. The molecule has 1 aliphatic heterocycles. The van der Waals surface area contributed by atoms with Gasteiger partial charge in [-0.25, -0.2) is 4.98 Å². The van der Waals surface area contributed by atoms with Crippen molar-refractivity contribution < 1.29 is 0 Å². The van der Waals surface area contributed by atoms with Crippen molar-refractivity contribution in [3.05, 3.63) is 16.1 Å². The molecule has 1 aromatic rings. The van der Waals surface area contributed by atoms with E-state index in [9.17, 15) is 0 Å². The molecular weight excluding hydrogens is 242 g/mol. The van der Waals surface area contributed by atoms with E-state index >= 15 is 0 Å². The zero-order valence-corrected chi connectivity index (χ0v) is 12.6. The third-order valence-corrected chi connectivity index (χ3v) is 4.23. The molecule has 1 aliphatic rings. The van der Waals surface area contributed by atoms with E-state index in [4.69, 9.17) is 0 Å². The highest BCUT2D eigenvalue weighted by Gasteiger charge is 2.22. The molecule has 1 aromatic heterocycles. The summed E-state index contributed by atoms with van der Waals surface area (Å²) < 4.78 is 0. The Hall–Kier alpha value is -0.450. The Bertz CT molecular complexity index is 362. The van der Waals surface area contributed by atoms with Crippen LogP contribution in [-0.2, 0) is 6.54 Å². The molecule has 102 valence electrons. The molecular formula is C14H25N3S. The van der Waals surface area contributed by atoms with Crippen LogP contribution in [0.1, 0.15) is 31.0 Å². The first-order valence-electron chi connectivity index (χ1n) is 6.97. The summed E-state index contributed by atoms with van der Waals surface area (Å²) in [7, 11) is 0. The van der Waals surface area contributed by atoms with Crippen LogP contribution in [-0.4, -0.2) is 36.1 Å². The molecule has 0 saturated carbocycles. The maximum Gasteiger partial charge on any atom is 0.0897 e. The van der Waals surface area contributed by atoms with Crippen LogP contribution in [0.5, 0.6) is 0 Å². The first kappa shape index (κ1) is 14.0. The summed E-state index contributed by atoms with van der Waals surface area (Å²) >= 11 is 1.76. The standard InChI is InChI=1S/C14H25N3S/c1-11(2)6-15-7-13-4-5-17(8-13)9-14-10-18-12(3)16-14/h10-11,13,15H,4-9H2,1-3H3. The van der Waals surface area contributed by atoms with E-state index < -0.39 is 0 Å². The minimum atomic E-state index is 0.750. The summed E-state index contributed by atoms with van der Waals surface area (Å²) in [6.45, 7) is 12.4. The van der Waals surface area contributed by atoms with E-state index in [0.717, 1.165) is 24.9 Å². The summed E-state index contributed by atoms with van der Waals surface area (Å²) in [6, 6.07) is 0. The minimum absolute atomic E-state index is 0.750. The van der Waals surface area contributed by atoms with Crippen LogP contribution in [0.2, 0.25) is 0 Å². The lowest BCUT2D eigenvalue weighted by atomic mass is 10.1. The third kappa shape index (κ3) is 4.34. The predicted molar refractivity (Wildman–Crippen MR) is 77.9 cm³/mol. The van der Waals surface area contributed by atoms with Crippen molar-refractivity contribution in [1.82, 2.24) is 15.2 Å². The van der Waals surface area contributed by atoms with E-state index in [0.29, 0.717) is 0 Å². The molecule has 0 amide bonds. The Labute approximate surface area is 115 Å². The van der Waals surface area contributed by atoms with Gasteiger partial charge in [0.05, 0.1) is 10.7 Å². The molecule has 18 heavy (non-hydrogen) atoms. The molecule has 1 fully saturated rings. The molecule has 0 aliphatic carbocycles. The van der Waals surface area contributed by atoms with Gasteiger partial charge in [-0.05, 0) is 44.8 Å². The van der Waals surface area contributed by atoms with Gasteiger partial charge in [-0.15, -0.1) is 11.3 Å². The van der Waals surface area contributed by atoms with Crippen molar-refractivity contribution in [3.8, 4) is 0 Å². The van der Waals surface area contributed by atoms with Gasteiger partial charge in [-0.3, -0.25) is 4.90 Å². The Morgan fingerprint density at radius 1 is 1.56 bits per heavy atom. The molecule has 4 heteroatoms. The summed E-state index contributed by atoms with van der Waals surface area (Å²) in [4.78, 5) is 7.08. The number of aryl methyl sites for hydroxylation is 1. The lowest BCUT2D eigenvalue weighted by Gasteiger charge is -2.15. The van der Waals surface area contributed by atoms with Crippen LogP contribution < -0.4 is 5.32 Å². The Morgan fingerprint density at radius 2 is 2.39 bits per heavy atom. The number of hydrogen-bond donors (Lipinski definition) is 1. The Morgan fingerprint density at radius 3 is 3.06 bits per heavy atom. The van der Waals surface area contributed by atoms with Crippen LogP contribution in [0, 0.1) is 18.8 Å². The monoisotopic (exact) mass is 267 g/mol. The van der Waals surface area contributed by atoms with Gasteiger partial charge < -0.3 is 5.32 Å². The quantitative estimate of drug-likeness (QED) is 0.858. The second-order valence-corrected chi connectivity index (χ2v) is 6.86. The predicted octanol–water partition coefficient (Wildman–Crippen LogP) is 2.52. The lowest BCUT2D eigenvalue weighted by molar-refractivity contribution is 0.310. The molecule has 2 rings (SSSR count). The highest BCUT2D eigenvalue weighted by molar-refractivity contribution is 7.09. The van der Waals surface area contributed by atoms with Gasteiger partial charge >= 0.3 is 0 Å². The van der Waals surface area contributed by atoms with Crippen LogP contribution in [0.15, 0.2) is 5.38 Å². The molecule has 0 aromatic carbocycles. The number of aromatic nitrogens is 1. The van der Waals surface area contributed by atoms with Gasteiger partial charge in [-0.1, -0.05) is 13.8 Å². The van der Waals surface area contributed by atoms with Gasteiger partial charge in [0.15, 0.2) is 0 Å². The van der Waals surface area contributed by atoms with Crippen LogP contribution in [0.25, 0.3) is 0 Å². The van der Waals surface area contributed by atoms with E-state index in [2.05, 4.69) is 41.4 Å². The fourth-order valence-corrected chi connectivity index (χ4v) is 3.11. The Kier molecular flexibility index (Phi) is 5.15.